The maximum Gasteiger partial charge on any atom is 0.410 e. The Hall–Kier alpha value is -2.31. The van der Waals surface area contributed by atoms with Gasteiger partial charge in [-0.1, -0.05) is 6.07 Å². The quantitative estimate of drug-likeness (QED) is 0.770. The number of hydrogen-bond acceptors (Lipinski definition) is 6. The third-order valence-electron chi connectivity index (χ3n) is 4.21. The summed E-state index contributed by atoms with van der Waals surface area (Å²) < 4.78 is 10.1. The molecule has 2 aliphatic rings. The van der Waals surface area contributed by atoms with Gasteiger partial charge >= 0.3 is 12.1 Å². The van der Waals surface area contributed by atoms with E-state index in [1.165, 1.54) is 7.11 Å². The highest BCUT2D eigenvalue weighted by Crippen LogP contribution is 2.41. The van der Waals surface area contributed by atoms with Crippen LogP contribution in [0.15, 0.2) is 18.2 Å². The molecule has 2 aliphatic heterocycles. The number of esters is 1. The minimum absolute atomic E-state index is 0.125. The zero-order chi connectivity index (χ0) is 17.5. The number of rotatable bonds is 2. The molecule has 7 nitrogen and oxygen atoms in total. The van der Waals surface area contributed by atoms with Gasteiger partial charge < -0.3 is 19.3 Å². The Morgan fingerprint density at radius 1 is 1.17 bits per heavy atom. The van der Waals surface area contributed by atoms with Gasteiger partial charge in [0.05, 0.1) is 7.11 Å². The lowest BCUT2D eigenvalue weighted by atomic mass is 9.73. The van der Waals surface area contributed by atoms with Crippen molar-refractivity contribution < 1.29 is 19.1 Å². The summed E-state index contributed by atoms with van der Waals surface area (Å²) in [6.45, 7) is 8.65. The zero-order valence-corrected chi connectivity index (χ0v) is 14.5. The number of pyridine rings is 1. The molecule has 0 aromatic carbocycles. The third kappa shape index (κ3) is 3.16. The van der Waals surface area contributed by atoms with Gasteiger partial charge in [0.15, 0.2) is 5.69 Å². The molecule has 0 unspecified atom stereocenters. The third-order valence-corrected chi connectivity index (χ3v) is 4.21. The molecule has 0 aliphatic carbocycles. The van der Waals surface area contributed by atoms with Crippen LogP contribution in [0.25, 0.3) is 0 Å². The van der Waals surface area contributed by atoms with Gasteiger partial charge in [0, 0.05) is 31.6 Å². The molecule has 0 bridgehead atoms. The molecule has 130 valence electrons. The second kappa shape index (κ2) is 5.65. The van der Waals surface area contributed by atoms with Crippen LogP contribution in [0, 0.1) is 5.41 Å². The van der Waals surface area contributed by atoms with Gasteiger partial charge in [-0.05, 0) is 32.9 Å². The number of anilines is 1. The van der Waals surface area contributed by atoms with Crippen LogP contribution in [0.1, 0.15) is 31.3 Å². The minimum Gasteiger partial charge on any atom is -0.464 e. The van der Waals surface area contributed by atoms with E-state index in [4.69, 9.17) is 9.47 Å². The number of ether oxygens (including phenoxy) is 2. The first-order chi connectivity index (χ1) is 11.2. The Morgan fingerprint density at radius 3 is 2.42 bits per heavy atom. The zero-order valence-electron chi connectivity index (χ0n) is 14.5. The van der Waals surface area contributed by atoms with Crippen LogP contribution in [0.3, 0.4) is 0 Å². The number of likely N-dealkylation sites (tertiary alicyclic amines) is 1. The number of aromatic nitrogens is 1. The van der Waals surface area contributed by atoms with Crippen LogP contribution in [-0.2, 0) is 9.47 Å². The van der Waals surface area contributed by atoms with Crippen LogP contribution in [0.5, 0.6) is 0 Å². The Morgan fingerprint density at radius 2 is 1.83 bits per heavy atom. The van der Waals surface area contributed by atoms with Gasteiger partial charge in [0.2, 0.25) is 0 Å². The fraction of sp³-hybridized carbons (Fsp3) is 0.588. The molecule has 3 rings (SSSR count). The van der Waals surface area contributed by atoms with E-state index >= 15 is 0 Å². The van der Waals surface area contributed by atoms with E-state index in [9.17, 15) is 9.59 Å². The van der Waals surface area contributed by atoms with Gasteiger partial charge in [-0.15, -0.1) is 0 Å². The van der Waals surface area contributed by atoms with E-state index in [-0.39, 0.29) is 11.5 Å². The Labute approximate surface area is 141 Å². The molecule has 2 fully saturated rings. The fourth-order valence-corrected chi connectivity index (χ4v) is 3.16. The molecule has 0 radical (unpaired) electrons. The van der Waals surface area contributed by atoms with Crippen molar-refractivity contribution in [2.45, 2.75) is 26.4 Å². The number of hydrogen-bond donors (Lipinski definition) is 0. The number of nitrogens with zero attached hydrogens (tertiary/aromatic N) is 3. The average molecular weight is 333 g/mol. The first-order valence-corrected chi connectivity index (χ1v) is 8.00. The second-order valence-electron chi connectivity index (χ2n) is 7.57. The number of methoxy groups -OCH3 is 1. The molecule has 1 spiro atoms. The number of carbonyl (C=O) groups excluding carboxylic acids is 2. The predicted molar refractivity (Wildman–Crippen MR) is 88.0 cm³/mol. The molecule has 0 saturated carbocycles. The highest BCUT2D eigenvalue weighted by Gasteiger charge is 2.54. The van der Waals surface area contributed by atoms with Crippen LogP contribution in [-0.4, -0.2) is 60.8 Å². The average Bonchev–Trinajstić information content (AvgIpc) is 2.42. The van der Waals surface area contributed by atoms with Crippen LogP contribution >= 0.6 is 0 Å². The molecule has 0 atom stereocenters. The summed E-state index contributed by atoms with van der Waals surface area (Å²) in [5.41, 5.74) is -0.0382. The molecule has 1 aromatic rings. The molecule has 2 saturated heterocycles. The smallest absolute Gasteiger partial charge is 0.410 e. The van der Waals surface area contributed by atoms with Gasteiger partial charge in [-0.3, -0.25) is 0 Å². The van der Waals surface area contributed by atoms with Crippen LogP contribution < -0.4 is 4.90 Å². The van der Waals surface area contributed by atoms with Crippen molar-refractivity contribution in [3.63, 3.8) is 0 Å². The van der Waals surface area contributed by atoms with Crippen molar-refractivity contribution in [2.24, 2.45) is 5.41 Å². The molecule has 3 heterocycles. The molecular weight excluding hydrogens is 310 g/mol. The summed E-state index contributed by atoms with van der Waals surface area (Å²) in [7, 11) is 1.34. The summed E-state index contributed by atoms with van der Waals surface area (Å²) >= 11 is 0. The van der Waals surface area contributed by atoms with Crippen molar-refractivity contribution in [1.29, 1.82) is 0 Å². The van der Waals surface area contributed by atoms with E-state index < -0.39 is 11.6 Å². The van der Waals surface area contributed by atoms with Crippen molar-refractivity contribution in [1.82, 2.24) is 9.88 Å². The van der Waals surface area contributed by atoms with E-state index in [2.05, 4.69) is 9.88 Å². The highest BCUT2D eigenvalue weighted by molar-refractivity contribution is 5.87. The number of amides is 1. The lowest BCUT2D eigenvalue weighted by Crippen LogP contribution is -2.73. The van der Waals surface area contributed by atoms with Crippen molar-refractivity contribution in [3.8, 4) is 0 Å². The SMILES string of the molecule is COC(=O)c1cccc(N2CC3(CN(C(=O)OC(C)(C)C)C3)C2)n1. The first kappa shape index (κ1) is 16.5. The molecule has 24 heavy (non-hydrogen) atoms. The Bertz CT molecular complexity index is 654. The van der Waals surface area contributed by atoms with Crippen molar-refractivity contribution in [2.75, 3.05) is 38.2 Å². The summed E-state index contributed by atoms with van der Waals surface area (Å²) in [6, 6.07) is 5.31. The molecular formula is C17H23N3O4. The Balaban J connectivity index is 1.54. The summed E-state index contributed by atoms with van der Waals surface area (Å²) in [5.74, 6) is 0.325. The molecule has 7 heteroatoms. The molecule has 1 aromatic heterocycles. The van der Waals surface area contributed by atoms with Crippen molar-refractivity contribution >= 4 is 17.9 Å². The normalized spacial score (nSPS) is 18.7. The Kier molecular flexibility index (Phi) is 3.89. The maximum atomic E-state index is 12.0. The second-order valence-corrected chi connectivity index (χ2v) is 7.57. The monoisotopic (exact) mass is 333 g/mol. The van der Waals surface area contributed by atoms with E-state index in [1.54, 1.807) is 17.0 Å². The summed E-state index contributed by atoms with van der Waals surface area (Å²) in [4.78, 5) is 31.7. The van der Waals surface area contributed by atoms with E-state index in [0.29, 0.717) is 18.8 Å². The molecule has 1 amide bonds. The lowest BCUT2D eigenvalue weighted by Gasteiger charge is -2.60. The predicted octanol–water partition coefficient (Wildman–Crippen LogP) is 1.93. The largest absolute Gasteiger partial charge is 0.464 e. The molecule has 0 N–H and O–H groups in total. The van der Waals surface area contributed by atoms with E-state index in [1.807, 2.05) is 26.8 Å². The minimum atomic E-state index is -0.469. The van der Waals surface area contributed by atoms with Crippen molar-refractivity contribution in [3.05, 3.63) is 23.9 Å². The van der Waals surface area contributed by atoms with Crippen LogP contribution in [0.2, 0.25) is 0 Å². The summed E-state index contributed by atoms with van der Waals surface area (Å²) in [5, 5.41) is 0. The van der Waals surface area contributed by atoms with Gasteiger partial charge in [-0.25, -0.2) is 14.6 Å². The van der Waals surface area contributed by atoms with Gasteiger partial charge in [-0.2, -0.15) is 0 Å². The standard InChI is InChI=1S/C17H23N3O4/c1-16(2,3)24-15(22)20-10-17(11-20)8-19(9-17)13-7-5-6-12(18-13)14(21)23-4/h5-7H,8-11H2,1-4H3. The van der Waals surface area contributed by atoms with Gasteiger partial charge in [0.25, 0.3) is 0 Å². The van der Waals surface area contributed by atoms with Crippen LogP contribution in [0.4, 0.5) is 10.6 Å². The first-order valence-electron chi connectivity index (χ1n) is 8.00. The topological polar surface area (TPSA) is 72.0 Å². The van der Waals surface area contributed by atoms with Gasteiger partial charge in [0.1, 0.15) is 11.4 Å². The number of carbonyl (C=O) groups is 2. The highest BCUT2D eigenvalue weighted by atomic mass is 16.6. The fourth-order valence-electron chi connectivity index (χ4n) is 3.16. The maximum absolute atomic E-state index is 12.0. The van der Waals surface area contributed by atoms with E-state index in [0.717, 1.165) is 18.9 Å². The summed E-state index contributed by atoms with van der Waals surface area (Å²) in [6.07, 6.45) is -0.252. The lowest BCUT2D eigenvalue weighted by molar-refractivity contribution is -0.0454.